The zero-order chi connectivity index (χ0) is 11.7. The van der Waals surface area contributed by atoms with Crippen LogP contribution in [0.3, 0.4) is 0 Å². The number of nitrogens with one attached hydrogen (secondary N) is 1. The van der Waals surface area contributed by atoms with Crippen LogP contribution in [0.15, 0.2) is 30.3 Å². The van der Waals surface area contributed by atoms with Crippen molar-refractivity contribution in [1.29, 1.82) is 0 Å². The van der Waals surface area contributed by atoms with Crippen molar-refractivity contribution in [3.63, 3.8) is 0 Å². The molecule has 1 aromatic rings. The Hall–Kier alpha value is -0.860. The summed E-state index contributed by atoms with van der Waals surface area (Å²) in [4.78, 5) is 2.69. The first-order valence-corrected chi connectivity index (χ1v) is 6.74. The van der Waals surface area contributed by atoms with Gasteiger partial charge in [0.25, 0.3) is 0 Å². The maximum atomic E-state index is 3.40. The molecule has 1 saturated carbocycles. The summed E-state index contributed by atoms with van der Waals surface area (Å²) < 4.78 is 0. The van der Waals surface area contributed by atoms with Crippen LogP contribution in [0.2, 0.25) is 0 Å². The van der Waals surface area contributed by atoms with Crippen LogP contribution in [0.1, 0.15) is 25.3 Å². The van der Waals surface area contributed by atoms with Crippen molar-refractivity contribution in [2.75, 3.05) is 19.6 Å². The maximum Gasteiger partial charge on any atom is 0.0236 e. The Balaban J connectivity index is 1.64. The Kier molecular flexibility index (Phi) is 2.93. The van der Waals surface area contributed by atoms with Crippen LogP contribution in [0, 0.1) is 5.41 Å². The molecule has 0 bridgehead atoms. The minimum Gasteiger partial charge on any atom is -0.315 e. The van der Waals surface area contributed by atoms with E-state index < -0.39 is 0 Å². The highest BCUT2D eigenvalue weighted by Gasteiger charge is 2.38. The minimum absolute atomic E-state index is 0.511. The average Bonchev–Trinajstić information content (AvgIpc) is 3.11. The van der Waals surface area contributed by atoms with E-state index in [1.54, 1.807) is 0 Å². The molecular formula is C15H22N2. The summed E-state index contributed by atoms with van der Waals surface area (Å²) in [6.07, 6.45) is 2.80. The topological polar surface area (TPSA) is 15.3 Å². The molecule has 1 aliphatic carbocycles. The molecule has 2 aliphatic rings. The Bertz CT molecular complexity index is 366. The van der Waals surface area contributed by atoms with Crippen LogP contribution >= 0.6 is 0 Å². The van der Waals surface area contributed by atoms with E-state index >= 15 is 0 Å². The van der Waals surface area contributed by atoms with Crippen LogP contribution in [0.5, 0.6) is 0 Å². The monoisotopic (exact) mass is 230 g/mol. The molecule has 2 heteroatoms. The highest BCUT2D eigenvalue weighted by Crippen LogP contribution is 2.33. The van der Waals surface area contributed by atoms with E-state index in [0.29, 0.717) is 5.41 Å². The van der Waals surface area contributed by atoms with Gasteiger partial charge in [-0.15, -0.1) is 0 Å². The van der Waals surface area contributed by atoms with Gasteiger partial charge in [-0.25, -0.2) is 0 Å². The normalized spacial score (nSPS) is 22.5. The molecule has 1 aliphatic heterocycles. The largest absolute Gasteiger partial charge is 0.315 e. The van der Waals surface area contributed by atoms with Crippen molar-refractivity contribution < 1.29 is 0 Å². The Morgan fingerprint density at radius 3 is 2.47 bits per heavy atom. The second-order valence-corrected chi connectivity index (χ2v) is 6.04. The predicted octanol–water partition coefficient (Wildman–Crippen LogP) is 2.26. The number of benzene rings is 1. The summed E-state index contributed by atoms with van der Waals surface area (Å²) in [5.41, 5.74) is 1.97. The molecular weight excluding hydrogens is 208 g/mol. The third-order valence-electron chi connectivity index (χ3n) is 3.98. The van der Waals surface area contributed by atoms with E-state index in [1.165, 1.54) is 38.0 Å². The molecule has 0 atom stereocenters. The molecule has 0 radical (unpaired) electrons. The maximum absolute atomic E-state index is 3.40. The molecule has 1 N–H and O–H groups in total. The molecule has 0 unspecified atom stereocenters. The Morgan fingerprint density at radius 2 is 1.94 bits per heavy atom. The van der Waals surface area contributed by atoms with Gasteiger partial charge in [0.1, 0.15) is 0 Å². The summed E-state index contributed by atoms with van der Waals surface area (Å²) in [5, 5.41) is 3.40. The first-order chi connectivity index (χ1) is 8.25. The van der Waals surface area contributed by atoms with Crippen LogP contribution < -0.4 is 5.32 Å². The number of hydrogen-bond acceptors (Lipinski definition) is 2. The molecule has 0 spiro atoms. The third-order valence-corrected chi connectivity index (χ3v) is 3.98. The summed E-state index contributed by atoms with van der Waals surface area (Å²) in [6.45, 7) is 7.15. The number of hydrogen-bond donors (Lipinski definition) is 1. The van der Waals surface area contributed by atoms with Crippen LogP contribution in [0.4, 0.5) is 0 Å². The summed E-state index contributed by atoms with van der Waals surface area (Å²) >= 11 is 0. The van der Waals surface area contributed by atoms with Gasteiger partial charge in [0.2, 0.25) is 0 Å². The number of rotatable bonds is 5. The van der Waals surface area contributed by atoms with Crippen molar-refractivity contribution in [3.05, 3.63) is 35.9 Å². The smallest absolute Gasteiger partial charge is 0.0236 e. The highest BCUT2D eigenvalue weighted by molar-refractivity contribution is 5.15. The lowest BCUT2D eigenvalue weighted by Crippen LogP contribution is -2.57. The second kappa shape index (κ2) is 4.43. The van der Waals surface area contributed by atoms with Crippen molar-refractivity contribution in [1.82, 2.24) is 10.2 Å². The molecule has 1 saturated heterocycles. The third kappa shape index (κ3) is 2.70. The first kappa shape index (κ1) is 11.2. The van der Waals surface area contributed by atoms with Crippen LogP contribution in [-0.2, 0) is 6.54 Å². The van der Waals surface area contributed by atoms with E-state index in [0.717, 1.165) is 12.6 Å². The molecule has 2 fully saturated rings. The van der Waals surface area contributed by atoms with E-state index in [1.807, 2.05) is 0 Å². The van der Waals surface area contributed by atoms with Gasteiger partial charge in [0, 0.05) is 37.6 Å². The fraction of sp³-hybridized carbons (Fsp3) is 0.600. The lowest BCUT2D eigenvalue weighted by atomic mass is 9.83. The van der Waals surface area contributed by atoms with Gasteiger partial charge >= 0.3 is 0 Å². The lowest BCUT2D eigenvalue weighted by molar-refractivity contribution is 0.0981. The quantitative estimate of drug-likeness (QED) is 0.834. The number of nitrogens with zero attached hydrogens (tertiary/aromatic N) is 1. The summed E-state index contributed by atoms with van der Waals surface area (Å²) in [6, 6.07) is 11.7. The molecule has 0 aromatic heterocycles. The van der Waals surface area contributed by atoms with E-state index in [2.05, 4.69) is 47.5 Å². The van der Waals surface area contributed by atoms with Crippen molar-refractivity contribution in [2.45, 2.75) is 32.4 Å². The molecule has 1 heterocycles. The molecule has 3 rings (SSSR count). The molecule has 2 nitrogen and oxygen atoms in total. The zero-order valence-electron chi connectivity index (χ0n) is 10.7. The fourth-order valence-electron chi connectivity index (χ4n) is 2.73. The molecule has 17 heavy (non-hydrogen) atoms. The summed E-state index contributed by atoms with van der Waals surface area (Å²) in [7, 11) is 0. The van der Waals surface area contributed by atoms with E-state index in [4.69, 9.17) is 0 Å². The second-order valence-electron chi connectivity index (χ2n) is 6.04. The van der Waals surface area contributed by atoms with Crippen molar-refractivity contribution in [2.24, 2.45) is 5.41 Å². The van der Waals surface area contributed by atoms with Gasteiger partial charge in [-0.3, -0.25) is 4.90 Å². The minimum atomic E-state index is 0.511. The standard InChI is InChI=1S/C15H22N2/c1-15(10-16-11-15)12-17(14-7-8-14)9-13-5-3-2-4-6-13/h2-6,14,16H,7-12H2,1H3. The van der Waals surface area contributed by atoms with Crippen molar-refractivity contribution >= 4 is 0 Å². The van der Waals surface area contributed by atoms with Gasteiger partial charge in [-0.1, -0.05) is 37.3 Å². The van der Waals surface area contributed by atoms with Gasteiger partial charge in [-0.2, -0.15) is 0 Å². The summed E-state index contributed by atoms with van der Waals surface area (Å²) in [5.74, 6) is 0. The van der Waals surface area contributed by atoms with E-state index in [-0.39, 0.29) is 0 Å². The fourth-order valence-corrected chi connectivity index (χ4v) is 2.73. The average molecular weight is 230 g/mol. The van der Waals surface area contributed by atoms with Crippen LogP contribution in [-0.4, -0.2) is 30.6 Å². The van der Waals surface area contributed by atoms with Gasteiger partial charge < -0.3 is 5.32 Å². The van der Waals surface area contributed by atoms with Gasteiger partial charge in [-0.05, 0) is 18.4 Å². The molecule has 92 valence electrons. The predicted molar refractivity (Wildman–Crippen MR) is 70.9 cm³/mol. The van der Waals surface area contributed by atoms with E-state index in [9.17, 15) is 0 Å². The van der Waals surface area contributed by atoms with Crippen molar-refractivity contribution in [3.8, 4) is 0 Å². The van der Waals surface area contributed by atoms with Gasteiger partial charge in [0.05, 0.1) is 0 Å². The zero-order valence-corrected chi connectivity index (χ0v) is 10.7. The highest BCUT2D eigenvalue weighted by atomic mass is 15.2. The first-order valence-electron chi connectivity index (χ1n) is 6.74. The Morgan fingerprint density at radius 1 is 1.24 bits per heavy atom. The Labute approximate surface area is 104 Å². The molecule has 1 aromatic carbocycles. The van der Waals surface area contributed by atoms with Crippen LogP contribution in [0.25, 0.3) is 0 Å². The van der Waals surface area contributed by atoms with Gasteiger partial charge in [0.15, 0.2) is 0 Å². The molecule has 0 amide bonds. The lowest BCUT2D eigenvalue weighted by Gasteiger charge is -2.43. The SMILES string of the molecule is CC1(CN(Cc2ccccc2)C2CC2)CNC1.